The fourth-order valence-electron chi connectivity index (χ4n) is 4.99. The number of carbonyl (C=O) groups is 1. The Balaban J connectivity index is 1.41. The van der Waals surface area contributed by atoms with E-state index < -0.39 is 36.5 Å². The molecule has 1 aliphatic heterocycles. The molecule has 1 N–H and O–H groups in total. The molecule has 42 heavy (non-hydrogen) atoms. The Kier molecular flexibility index (Phi) is 10.9. The second-order valence-electron chi connectivity index (χ2n) is 10.2. The van der Waals surface area contributed by atoms with E-state index in [0.717, 1.165) is 22.3 Å². The molecule has 0 aliphatic carbocycles. The molecule has 0 radical (unpaired) electrons. The molecule has 0 unspecified atom stereocenters. The molecule has 0 amide bonds. The summed E-state index contributed by atoms with van der Waals surface area (Å²) in [6.45, 7) is 1.22. The molecule has 4 aromatic carbocycles. The van der Waals surface area contributed by atoms with Crippen LogP contribution in [0.15, 0.2) is 121 Å². The summed E-state index contributed by atoms with van der Waals surface area (Å²) >= 11 is 0. The Bertz CT molecular complexity index is 1340. The van der Waals surface area contributed by atoms with Crippen LogP contribution in [-0.4, -0.2) is 48.2 Å². The predicted molar refractivity (Wildman–Crippen MR) is 157 cm³/mol. The summed E-state index contributed by atoms with van der Waals surface area (Å²) in [5, 5.41) is 10.3. The lowest BCUT2D eigenvalue weighted by Gasteiger charge is -2.45. The van der Waals surface area contributed by atoms with E-state index in [2.05, 4.69) is 0 Å². The van der Waals surface area contributed by atoms with Crippen LogP contribution in [-0.2, 0) is 54.9 Å². The summed E-state index contributed by atoms with van der Waals surface area (Å²) in [7, 11) is 0. The van der Waals surface area contributed by atoms with Crippen LogP contribution in [0.1, 0.15) is 22.3 Å². The number of carboxylic acid groups (broad SMARTS) is 1. The molecule has 1 heterocycles. The molecule has 5 atom stereocenters. The molecule has 1 aliphatic rings. The highest BCUT2D eigenvalue weighted by Crippen LogP contribution is 2.31. The fourth-order valence-corrected chi connectivity index (χ4v) is 4.99. The summed E-state index contributed by atoms with van der Waals surface area (Å²) < 4.78 is 31.6. The molecule has 5 rings (SSSR count). The van der Waals surface area contributed by atoms with E-state index in [1.807, 2.05) is 121 Å². The molecular weight excluding hydrogens is 532 g/mol. The lowest BCUT2D eigenvalue weighted by molar-refractivity contribution is -0.271. The Labute approximate surface area is 246 Å². The van der Waals surface area contributed by atoms with Gasteiger partial charge in [-0.05, 0) is 22.3 Å². The SMILES string of the molecule is O=C(O)[C@H]1O[C@H](COCc2ccccc2)[C@@H](OCc2ccccc2)[C@H](OCc2ccccc2)[C@H]1OCc1ccccc1. The molecule has 1 saturated heterocycles. The van der Waals surface area contributed by atoms with Crippen molar-refractivity contribution in [1.29, 1.82) is 0 Å². The van der Waals surface area contributed by atoms with Crippen molar-refractivity contribution in [3.8, 4) is 0 Å². The molecule has 1 fully saturated rings. The summed E-state index contributed by atoms with van der Waals surface area (Å²) in [5.74, 6) is -1.13. The topological polar surface area (TPSA) is 83.5 Å². The van der Waals surface area contributed by atoms with Gasteiger partial charge in [0.1, 0.15) is 24.4 Å². The number of hydrogen-bond donors (Lipinski definition) is 1. The van der Waals surface area contributed by atoms with Crippen molar-refractivity contribution < 1.29 is 33.6 Å². The van der Waals surface area contributed by atoms with Crippen LogP contribution in [0.2, 0.25) is 0 Å². The average molecular weight is 569 g/mol. The lowest BCUT2D eigenvalue weighted by atomic mass is 9.94. The molecular formula is C35H36O7. The summed E-state index contributed by atoms with van der Waals surface area (Å²) in [6, 6.07) is 39.0. The van der Waals surface area contributed by atoms with Crippen molar-refractivity contribution in [2.45, 2.75) is 56.9 Å². The van der Waals surface area contributed by atoms with Crippen LogP contribution in [0.5, 0.6) is 0 Å². The van der Waals surface area contributed by atoms with Crippen molar-refractivity contribution in [2.75, 3.05) is 6.61 Å². The monoisotopic (exact) mass is 568 g/mol. The van der Waals surface area contributed by atoms with Crippen molar-refractivity contribution in [3.05, 3.63) is 144 Å². The number of benzene rings is 4. The minimum absolute atomic E-state index is 0.120. The first-order chi connectivity index (χ1) is 20.7. The third kappa shape index (κ3) is 8.35. The van der Waals surface area contributed by atoms with E-state index in [0.29, 0.717) is 13.2 Å². The largest absolute Gasteiger partial charge is 0.479 e. The van der Waals surface area contributed by atoms with Gasteiger partial charge in [0.2, 0.25) is 0 Å². The maximum absolute atomic E-state index is 12.6. The molecule has 4 aromatic rings. The Morgan fingerprint density at radius 1 is 0.548 bits per heavy atom. The molecule has 218 valence electrons. The van der Waals surface area contributed by atoms with Crippen LogP contribution >= 0.6 is 0 Å². The van der Waals surface area contributed by atoms with Crippen molar-refractivity contribution in [3.63, 3.8) is 0 Å². The second kappa shape index (κ2) is 15.4. The molecule has 0 aromatic heterocycles. The number of ether oxygens (including phenoxy) is 5. The molecule has 7 heteroatoms. The van der Waals surface area contributed by atoms with Gasteiger partial charge in [-0.2, -0.15) is 0 Å². The fraction of sp³-hybridized carbons (Fsp3) is 0.286. The van der Waals surface area contributed by atoms with Crippen LogP contribution in [0.25, 0.3) is 0 Å². The summed E-state index contributed by atoms with van der Waals surface area (Å²) in [4.78, 5) is 12.6. The Hall–Kier alpha value is -3.85. The highest BCUT2D eigenvalue weighted by atomic mass is 16.6. The zero-order valence-corrected chi connectivity index (χ0v) is 23.4. The highest BCUT2D eigenvalue weighted by molar-refractivity contribution is 5.73. The normalized spacial score (nSPS) is 22.0. The van der Waals surface area contributed by atoms with Gasteiger partial charge < -0.3 is 28.8 Å². The van der Waals surface area contributed by atoms with E-state index in [4.69, 9.17) is 23.7 Å². The summed E-state index contributed by atoms with van der Waals surface area (Å²) in [5.41, 5.74) is 3.85. The average Bonchev–Trinajstić information content (AvgIpc) is 3.04. The smallest absolute Gasteiger partial charge is 0.335 e. The first-order valence-corrected chi connectivity index (χ1v) is 14.1. The van der Waals surface area contributed by atoms with Gasteiger partial charge in [-0.15, -0.1) is 0 Å². The zero-order valence-electron chi connectivity index (χ0n) is 23.4. The van der Waals surface area contributed by atoms with Crippen LogP contribution in [0, 0.1) is 0 Å². The Morgan fingerprint density at radius 2 is 0.929 bits per heavy atom. The van der Waals surface area contributed by atoms with E-state index in [9.17, 15) is 9.90 Å². The maximum Gasteiger partial charge on any atom is 0.335 e. The summed E-state index contributed by atoms with van der Waals surface area (Å²) in [6.07, 6.45) is -4.34. The van der Waals surface area contributed by atoms with Gasteiger partial charge in [0.05, 0.1) is 33.0 Å². The number of aliphatic carboxylic acids is 1. The van der Waals surface area contributed by atoms with Gasteiger partial charge in [0.25, 0.3) is 0 Å². The molecule has 0 bridgehead atoms. The van der Waals surface area contributed by atoms with E-state index >= 15 is 0 Å². The lowest BCUT2D eigenvalue weighted by Crippen LogP contribution is -2.63. The molecule has 0 saturated carbocycles. The van der Waals surface area contributed by atoms with Gasteiger partial charge >= 0.3 is 5.97 Å². The zero-order chi connectivity index (χ0) is 29.0. The first-order valence-electron chi connectivity index (χ1n) is 14.1. The van der Waals surface area contributed by atoms with E-state index in [1.54, 1.807) is 0 Å². The Morgan fingerprint density at radius 3 is 1.36 bits per heavy atom. The van der Waals surface area contributed by atoms with Crippen molar-refractivity contribution in [1.82, 2.24) is 0 Å². The van der Waals surface area contributed by atoms with E-state index in [-0.39, 0.29) is 19.8 Å². The van der Waals surface area contributed by atoms with Crippen LogP contribution in [0.3, 0.4) is 0 Å². The standard InChI is InChI=1S/C35H36O7/c36-35(37)34-33(41-24-29-19-11-4-12-20-29)32(40-23-28-17-9-3-10-18-28)31(39-22-27-15-7-2-8-16-27)30(42-34)25-38-21-26-13-5-1-6-14-26/h1-20,30-34H,21-25H2,(H,36,37)/t30-,31-,32+,33-,34+/m1/s1. The van der Waals surface area contributed by atoms with E-state index in [1.165, 1.54) is 0 Å². The predicted octanol–water partition coefficient (Wildman–Crippen LogP) is 5.81. The second-order valence-corrected chi connectivity index (χ2v) is 10.2. The number of carboxylic acids is 1. The first kappa shape index (κ1) is 29.6. The van der Waals surface area contributed by atoms with Gasteiger partial charge in [-0.1, -0.05) is 121 Å². The highest BCUT2D eigenvalue weighted by Gasteiger charge is 2.51. The third-order valence-corrected chi connectivity index (χ3v) is 7.13. The number of hydrogen-bond acceptors (Lipinski definition) is 6. The third-order valence-electron chi connectivity index (χ3n) is 7.13. The molecule has 7 nitrogen and oxygen atoms in total. The van der Waals surface area contributed by atoms with Gasteiger partial charge in [-0.3, -0.25) is 0 Å². The van der Waals surface area contributed by atoms with Gasteiger partial charge in [0, 0.05) is 0 Å². The van der Waals surface area contributed by atoms with Crippen molar-refractivity contribution >= 4 is 5.97 Å². The van der Waals surface area contributed by atoms with Gasteiger partial charge in [0.15, 0.2) is 6.10 Å². The minimum atomic E-state index is -1.28. The number of rotatable bonds is 14. The molecule has 0 spiro atoms. The quantitative estimate of drug-likeness (QED) is 0.206. The van der Waals surface area contributed by atoms with Crippen molar-refractivity contribution in [2.24, 2.45) is 0 Å². The van der Waals surface area contributed by atoms with Crippen LogP contribution < -0.4 is 0 Å². The van der Waals surface area contributed by atoms with Crippen LogP contribution in [0.4, 0.5) is 0 Å². The minimum Gasteiger partial charge on any atom is -0.479 e. The maximum atomic E-state index is 12.6. The van der Waals surface area contributed by atoms with Gasteiger partial charge in [-0.25, -0.2) is 4.79 Å².